The zero-order valence-corrected chi connectivity index (χ0v) is 33.1. The predicted octanol–water partition coefficient (Wildman–Crippen LogP) is 5.37. The number of ether oxygens (including phenoxy) is 1. The van der Waals surface area contributed by atoms with Gasteiger partial charge in [-0.15, -0.1) is 0 Å². The summed E-state index contributed by atoms with van der Waals surface area (Å²) in [6.07, 6.45) is 7.24. The summed E-state index contributed by atoms with van der Waals surface area (Å²) in [6.45, 7) is 13.5. The fourth-order valence-electron chi connectivity index (χ4n) is 10.2. The van der Waals surface area contributed by atoms with Crippen LogP contribution < -0.4 is 0 Å². The molecule has 0 radical (unpaired) electrons. The second-order valence-electron chi connectivity index (χ2n) is 17.7. The largest absolute Gasteiger partial charge is 0.368 e. The van der Waals surface area contributed by atoms with Gasteiger partial charge in [-0.1, -0.05) is 19.9 Å². The maximum atomic E-state index is 15.6. The van der Waals surface area contributed by atoms with Gasteiger partial charge in [0.15, 0.2) is 0 Å². The van der Waals surface area contributed by atoms with Gasteiger partial charge < -0.3 is 19.4 Å². The van der Waals surface area contributed by atoms with Gasteiger partial charge in [0.05, 0.1) is 12.0 Å². The van der Waals surface area contributed by atoms with Crippen molar-refractivity contribution >= 4 is 29.5 Å². The van der Waals surface area contributed by atoms with E-state index in [0.717, 1.165) is 75.6 Å². The number of thioether (sulfide) groups is 1. The zero-order valence-electron chi connectivity index (χ0n) is 32.3. The summed E-state index contributed by atoms with van der Waals surface area (Å²) in [5, 5.41) is 0. The number of nitrogens with zero attached hydrogens (tertiary/aromatic N) is 5. The Hall–Kier alpha value is -2.28. The van der Waals surface area contributed by atoms with Gasteiger partial charge in [0.1, 0.15) is 23.8 Å². The van der Waals surface area contributed by atoms with E-state index in [1.165, 1.54) is 12.1 Å². The molecular weight excluding hydrogens is 697 g/mol. The number of hydrogen-bond acceptors (Lipinski definition) is 7. The molecule has 0 unspecified atom stereocenters. The first-order chi connectivity index (χ1) is 25.4. The molecule has 5 saturated heterocycles. The lowest BCUT2D eigenvalue weighted by molar-refractivity contribution is -0.148. The normalized spacial score (nSPS) is 30.7. The van der Waals surface area contributed by atoms with Gasteiger partial charge in [-0.25, -0.2) is 8.78 Å². The third-order valence-corrected chi connectivity index (χ3v) is 14.5. The second kappa shape index (κ2) is 16.4. The molecule has 1 saturated carbocycles. The molecule has 0 spiro atoms. The molecule has 5 aliphatic heterocycles. The van der Waals surface area contributed by atoms with Crippen molar-refractivity contribution in [3.05, 3.63) is 35.4 Å². The van der Waals surface area contributed by atoms with E-state index in [9.17, 15) is 14.0 Å². The van der Waals surface area contributed by atoms with Gasteiger partial charge in [0.25, 0.3) is 5.91 Å². The average molecular weight is 758 g/mol. The number of piperazine rings is 1. The van der Waals surface area contributed by atoms with Crippen LogP contribution in [0, 0.1) is 23.0 Å². The minimum atomic E-state index is -0.711. The maximum absolute atomic E-state index is 15.6. The van der Waals surface area contributed by atoms with E-state index in [0.29, 0.717) is 63.3 Å². The first kappa shape index (κ1) is 39.0. The van der Waals surface area contributed by atoms with E-state index < -0.39 is 35.6 Å². The molecular formula is C41H61F2N5O4S. The van der Waals surface area contributed by atoms with Crippen LogP contribution in [0.25, 0.3) is 0 Å². The summed E-state index contributed by atoms with van der Waals surface area (Å²) >= 11 is 1.94. The van der Waals surface area contributed by atoms with Gasteiger partial charge >= 0.3 is 0 Å². The van der Waals surface area contributed by atoms with Crippen LogP contribution in [0.3, 0.4) is 0 Å². The summed E-state index contributed by atoms with van der Waals surface area (Å²) in [7, 11) is 0. The van der Waals surface area contributed by atoms with Crippen molar-refractivity contribution in [2.45, 2.75) is 128 Å². The molecule has 12 heteroatoms. The number of carbonyl (C=O) groups is 3. The molecule has 0 aromatic heterocycles. The highest BCUT2D eigenvalue weighted by Crippen LogP contribution is 2.42. The van der Waals surface area contributed by atoms with Gasteiger partial charge in [-0.05, 0) is 100 Å². The lowest BCUT2D eigenvalue weighted by atomic mass is 9.75. The lowest BCUT2D eigenvalue weighted by Gasteiger charge is -2.43. The van der Waals surface area contributed by atoms with Crippen LogP contribution in [0.4, 0.5) is 8.78 Å². The number of benzene rings is 1. The third kappa shape index (κ3) is 8.46. The fourth-order valence-corrected chi connectivity index (χ4v) is 11.3. The van der Waals surface area contributed by atoms with Crippen molar-refractivity contribution < 1.29 is 27.9 Å². The molecule has 5 atom stereocenters. The van der Waals surface area contributed by atoms with Crippen molar-refractivity contribution in [2.24, 2.45) is 11.3 Å². The predicted molar refractivity (Wildman–Crippen MR) is 204 cm³/mol. The zero-order chi connectivity index (χ0) is 37.4. The monoisotopic (exact) mass is 757 g/mol. The number of carbonyl (C=O) groups excluding carboxylic acids is 3. The molecule has 1 aromatic rings. The Morgan fingerprint density at radius 2 is 1.62 bits per heavy atom. The molecule has 0 bridgehead atoms. The Morgan fingerprint density at radius 1 is 0.906 bits per heavy atom. The third-order valence-electron chi connectivity index (χ3n) is 13.5. The summed E-state index contributed by atoms with van der Waals surface area (Å²) in [4.78, 5) is 54.8. The molecule has 1 aromatic carbocycles. The first-order valence-electron chi connectivity index (χ1n) is 20.4. The smallest absolute Gasteiger partial charge is 0.252 e. The topological polar surface area (TPSA) is 76.6 Å². The van der Waals surface area contributed by atoms with E-state index in [-0.39, 0.29) is 41.8 Å². The number of amides is 3. The average Bonchev–Trinajstić information content (AvgIpc) is 3.93. The van der Waals surface area contributed by atoms with E-state index in [2.05, 4.69) is 37.5 Å². The van der Waals surface area contributed by atoms with E-state index in [4.69, 9.17) is 4.74 Å². The minimum Gasteiger partial charge on any atom is -0.368 e. The van der Waals surface area contributed by atoms with E-state index in [1.54, 1.807) is 4.90 Å². The van der Waals surface area contributed by atoms with Gasteiger partial charge in [-0.2, -0.15) is 11.8 Å². The molecule has 6 fully saturated rings. The van der Waals surface area contributed by atoms with Crippen molar-refractivity contribution in [2.75, 3.05) is 63.9 Å². The van der Waals surface area contributed by atoms with Crippen LogP contribution in [0.2, 0.25) is 0 Å². The van der Waals surface area contributed by atoms with Crippen LogP contribution in [0.1, 0.15) is 97.0 Å². The highest BCUT2D eigenvalue weighted by atomic mass is 32.2. The summed E-state index contributed by atoms with van der Waals surface area (Å²) in [5.74, 6) is -0.422. The van der Waals surface area contributed by atoms with E-state index >= 15 is 9.18 Å². The summed E-state index contributed by atoms with van der Waals surface area (Å²) in [5.41, 5.74) is 0.570. The van der Waals surface area contributed by atoms with Gasteiger partial charge in [0.2, 0.25) is 11.8 Å². The summed E-state index contributed by atoms with van der Waals surface area (Å²) in [6, 6.07) is 3.40. The maximum Gasteiger partial charge on any atom is 0.252 e. The molecule has 7 rings (SSSR count). The molecule has 3 amide bonds. The van der Waals surface area contributed by atoms with Crippen LogP contribution >= 0.6 is 11.8 Å². The van der Waals surface area contributed by atoms with Crippen molar-refractivity contribution in [3.8, 4) is 0 Å². The number of hydrogen-bond donors (Lipinski definition) is 0. The molecule has 0 N–H and O–H groups in total. The summed E-state index contributed by atoms with van der Waals surface area (Å²) < 4.78 is 35.7. The molecule has 1 aliphatic carbocycles. The Kier molecular flexibility index (Phi) is 12.1. The molecule has 294 valence electrons. The van der Waals surface area contributed by atoms with Crippen molar-refractivity contribution in [3.63, 3.8) is 0 Å². The Labute approximate surface area is 319 Å². The first-order valence-corrected chi connectivity index (χ1v) is 21.6. The fraction of sp³-hybridized carbons (Fsp3) is 0.780. The van der Waals surface area contributed by atoms with Crippen LogP contribution in [-0.2, 0) is 19.1 Å². The Bertz CT molecular complexity index is 1470. The van der Waals surface area contributed by atoms with Crippen LogP contribution in [0.5, 0.6) is 0 Å². The Balaban J connectivity index is 1.21. The van der Waals surface area contributed by atoms with Crippen LogP contribution in [-0.4, -0.2) is 142 Å². The number of halogens is 2. The molecule has 6 aliphatic rings. The number of likely N-dealkylation sites (tertiary alicyclic amines) is 2. The standard InChI is InChI=1S/C41H61F2N5O4S/c1-27(2)44-15-17-45(18-16-44)39(50)36-23-31(48(40(51)37-6-5-19-52-37)30-9-13-41(3,4)14-10-30)24-47(36)38(49)34-26-46(29-11-20-53-21-12-29)25-33(34)32-8-7-28(42)22-35(32)43/h7-8,22,27,29-31,33-34,36-37H,5-6,9-21,23-26H2,1-4H3/t31-,33-,34-,36-,37-/m0/s1. The second-order valence-corrected chi connectivity index (χ2v) is 18.9. The minimum absolute atomic E-state index is 0.00304. The molecule has 53 heavy (non-hydrogen) atoms. The lowest BCUT2D eigenvalue weighted by Crippen LogP contribution is -2.56. The van der Waals surface area contributed by atoms with Crippen molar-refractivity contribution in [1.82, 2.24) is 24.5 Å². The SMILES string of the molecule is CC(C)N1CCN(C(=O)[C@@H]2C[C@H](N(C(=O)[C@@H]3CCCO3)C3CCC(C)(C)CC3)CN2C(=O)[C@H]2CN(C3CCSCC3)C[C@H]2c2ccc(F)cc2F)CC1. The highest BCUT2D eigenvalue weighted by Gasteiger charge is 2.52. The number of rotatable bonds is 8. The quantitative estimate of drug-likeness (QED) is 0.353. The highest BCUT2D eigenvalue weighted by molar-refractivity contribution is 7.99. The van der Waals surface area contributed by atoms with Gasteiger partial charge in [-0.3, -0.25) is 24.2 Å². The van der Waals surface area contributed by atoms with E-state index in [1.807, 2.05) is 21.6 Å². The molecule has 5 heterocycles. The molecule has 9 nitrogen and oxygen atoms in total. The Morgan fingerprint density at radius 3 is 2.26 bits per heavy atom. The van der Waals surface area contributed by atoms with Gasteiger partial charge in [0, 0.05) is 82.5 Å². The van der Waals surface area contributed by atoms with Crippen LogP contribution in [0.15, 0.2) is 18.2 Å². The van der Waals surface area contributed by atoms with Crippen molar-refractivity contribution in [1.29, 1.82) is 0 Å².